The van der Waals surface area contributed by atoms with Crippen LogP contribution in [0.5, 0.6) is 0 Å². The van der Waals surface area contributed by atoms with Crippen molar-refractivity contribution in [3.05, 3.63) is 54.1 Å². The normalized spacial score (nSPS) is 11.5. The Hall–Kier alpha value is -3.35. The van der Waals surface area contributed by atoms with Crippen LogP contribution >= 0.6 is 0 Å². The maximum Gasteiger partial charge on any atom is 0.251 e. The minimum atomic E-state index is -0.201. The van der Waals surface area contributed by atoms with E-state index in [1.807, 2.05) is 27.7 Å². The summed E-state index contributed by atoms with van der Waals surface area (Å²) in [5, 5.41) is 11.5. The summed E-state index contributed by atoms with van der Waals surface area (Å²) in [5.41, 5.74) is 2.65. The molecule has 0 aliphatic rings. The molecule has 30 heavy (non-hydrogen) atoms. The molecular weight excluding hydrogens is 380 g/mol. The van der Waals surface area contributed by atoms with Gasteiger partial charge in [-0.05, 0) is 61.9 Å². The average Bonchev–Trinajstić information content (AvgIpc) is 2.73. The third-order valence-corrected chi connectivity index (χ3v) is 4.55. The second kappa shape index (κ2) is 11.0. The lowest BCUT2D eigenvalue weighted by atomic mass is 10.1. The molecule has 0 spiro atoms. The van der Waals surface area contributed by atoms with Crippen molar-refractivity contribution in [1.82, 2.24) is 5.32 Å². The number of hydrogen-bond donors (Lipinski definition) is 4. The zero-order valence-corrected chi connectivity index (χ0v) is 17.9. The maximum atomic E-state index is 12.2. The Kier molecular flexibility index (Phi) is 8.41. The Morgan fingerprint density at radius 2 is 1.33 bits per heavy atom. The Morgan fingerprint density at radius 1 is 0.800 bits per heavy atom. The van der Waals surface area contributed by atoms with E-state index in [-0.39, 0.29) is 36.2 Å². The van der Waals surface area contributed by atoms with Crippen LogP contribution in [0.25, 0.3) is 0 Å². The number of carbonyl (C=O) groups excluding carboxylic acids is 3. The van der Waals surface area contributed by atoms with Crippen molar-refractivity contribution in [2.45, 2.75) is 40.2 Å². The second-order valence-corrected chi connectivity index (χ2v) is 7.48. The zero-order valence-electron chi connectivity index (χ0n) is 17.9. The van der Waals surface area contributed by atoms with Gasteiger partial charge in [0.15, 0.2) is 0 Å². The van der Waals surface area contributed by atoms with E-state index in [9.17, 15) is 14.4 Å². The molecule has 0 saturated carbocycles. The fraction of sp³-hybridized carbons (Fsp3) is 0.348. The van der Waals surface area contributed by atoms with Crippen LogP contribution in [0.15, 0.2) is 48.5 Å². The highest BCUT2D eigenvalue weighted by Gasteiger charge is 2.09. The van der Waals surface area contributed by atoms with Crippen LogP contribution in [0.1, 0.15) is 44.5 Å². The molecule has 160 valence electrons. The predicted molar refractivity (Wildman–Crippen MR) is 121 cm³/mol. The SMILES string of the molecule is CCC(C)NC(=O)c1ccc(NCC(=O)Nc2ccc(NC(=O)C(C)C)cc2)cc1. The summed E-state index contributed by atoms with van der Waals surface area (Å²) >= 11 is 0. The van der Waals surface area contributed by atoms with E-state index in [1.54, 1.807) is 48.5 Å². The van der Waals surface area contributed by atoms with Gasteiger partial charge in [0, 0.05) is 34.6 Å². The van der Waals surface area contributed by atoms with Gasteiger partial charge in [-0.3, -0.25) is 14.4 Å². The van der Waals surface area contributed by atoms with Gasteiger partial charge in [-0.2, -0.15) is 0 Å². The molecule has 0 aliphatic heterocycles. The maximum absolute atomic E-state index is 12.2. The second-order valence-electron chi connectivity index (χ2n) is 7.48. The van der Waals surface area contributed by atoms with Crippen molar-refractivity contribution in [1.29, 1.82) is 0 Å². The highest BCUT2D eigenvalue weighted by atomic mass is 16.2. The zero-order chi connectivity index (χ0) is 22.1. The van der Waals surface area contributed by atoms with Crippen LogP contribution in [-0.4, -0.2) is 30.3 Å². The van der Waals surface area contributed by atoms with Gasteiger partial charge in [-0.15, -0.1) is 0 Å². The summed E-state index contributed by atoms with van der Waals surface area (Å²) in [4.78, 5) is 36.0. The van der Waals surface area contributed by atoms with Crippen LogP contribution in [0.2, 0.25) is 0 Å². The molecule has 1 atom stereocenters. The summed E-state index contributed by atoms with van der Waals surface area (Å²) in [5.74, 6) is -0.465. The lowest BCUT2D eigenvalue weighted by Crippen LogP contribution is -2.31. The van der Waals surface area contributed by atoms with Crippen LogP contribution in [0.3, 0.4) is 0 Å². The molecular formula is C23H30N4O3. The number of benzene rings is 2. The molecule has 0 radical (unpaired) electrons. The van der Waals surface area contributed by atoms with Gasteiger partial charge in [0.2, 0.25) is 11.8 Å². The summed E-state index contributed by atoms with van der Waals surface area (Å²) in [6, 6.07) is 14.1. The molecule has 2 rings (SSSR count). The lowest BCUT2D eigenvalue weighted by Gasteiger charge is -2.12. The van der Waals surface area contributed by atoms with Gasteiger partial charge >= 0.3 is 0 Å². The van der Waals surface area contributed by atoms with Crippen molar-refractivity contribution in [3.63, 3.8) is 0 Å². The number of anilines is 3. The number of hydrogen-bond acceptors (Lipinski definition) is 4. The van der Waals surface area contributed by atoms with Crippen molar-refractivity contribution >= 4 is 34.8 Å². The van der Waals surface area contributed by atoms with Gasteiger partial charge in [0.1, 0.15) is 0 Å². The van der Waals surface area contributed by atoms with E-state index in [2.05, 4.69) is 21.3 Å². The molecule has 0 aromatic heterocycles. The quantitative estimate of drug-likeness (QED) is 0.504. The molecule has 4 N–H and O–H groups in total. The molecule has 1 unspecified atom stereocenters. The van der Waals surface area contributed by atoms with E-state index in [1.165, 1.54) is 0 Å². The summed E-state index contributed by atoms with van der Waals surface area (Å²) < 4.78 is 0. The standard InChI is InChI=1S/C23H30N4O3/c1-5-16(4)25-23(30)17-6-8-18(9-7-17)24-14-21(28)26-19-10-12-20(13-11-19)27-22(29)15(2)3/h6-13,15-16,24H,5,14H2,1-4H3,(H,25,30)(H,26,28)(H,27,29). The summed E-state index contributed by atoms with van der Waals surface area (Å²) in [6.45, 7) is 7.71. The molecule has 7 heteroatoms. The monoisotopic (exact) mass is 410 g/mol. The fourth-order valence-electron chi connectivity index (χ4n) is 2.46. The van der Waals surface area contributed by atoms with Crippen LogP contribution in [-0.2, 0) is 9.59 Å². The average molecular weight is 411 g/mol. The Labute approximate surface area is 177 Å². The summed E-state index contributed by atoms with van der Waals surface area (Å²) in [6.07, 6.45) is 0.871. The Balaban J connectivity index is 1.81. The Morgan fingerprint density at radius 3 is 1.87 bits per heavy atom. The highest BCUT2D eigenvalue weighted by Crippen LogP contribution is 2.15. The van der Waals surface area contributed by atoms with Crippen molar-refractivity contribution in [2.75, 3.05) is 22.5 Å². The first-order valence-electron chi connectivity index (χ1n) is 10.1. The van der Waals surface area contributed by atoms with Gasteiger partial charge in [0.05, 0.1) is 6.54 Å². The van der Waals surface area contributed by atoms with E-state index in [0.717, 1.165) is 12.1 Å². The first-order chi connectivity index (χ1) is 14.3. The number of rotatable bonds is 9. The van der Waals surface area contributed by atoms with Crippen molar-refractivity contribution in [2.24, 2.45) is 5.92 Å². The van der Waals surface area contributed by atoms with Crippen LogP contribution < -0.4 is 21.3 Å². The fourth-order valence-corrected chi connectivity index (χ4v) is 2.46. The molecule has 7 nitrogen and oxygen atoms in total. The minimum absolute atomic E-state index is 0.0561. The number of carbonyl (C=O) groups is 3. The largest absolute Gasteiger partial charge is 0.376 e. The van der Waals surface area contributed by atoms with E-state index >= 15 is 0 Å². The molecule has 0 saturated heterocycles. The van der Waals surface area contributed by atoms with Crippen molar-refractivity contribution in [3.8, 4) is 0 Å². The first-order valence-corrected chi connectivity index (χ1v) is 10.1. The van der Waals surface area contributed by atoms with Gasteiger partial charge in [-0.1, -0.05) is 20.8 Å². The molecule has 0 bridgehead atoms. The number of amides is 3. The molecule has 0 fully saturated rings. The third kappa shape index (κ3) is 7.24. The summed E-state index contributed by atoms with van der Waals surface area (Å²) in [7, 11) is 0. The van der Waals surface area contributed by atoms with Crippen LogP contribution in [0, 0.1) is 5.92 Å². The Bertz CT molecular complexity index is 861. The first kappa shape index (κ1) is 22.9. The van der Waals surface area contributed by atoms with E-state index in [4.69, 9.17) is 0 Å². The molecule has 2 aromatic rings. The molecule has 0 heterocycles. The molecule has 0 aliphatic carbocycles. The van der Waals surface area contributed by atoms with Gasteiger partial charge in [0.25, 0.3) is 5.91 Å². The highest BCUT2D eigenvalue weighted by molar-refractivity contribution is 5.96. The van der Waals surface area contributed by atoms with Gasteiger partial charge in [-0.25, -0.2) is 0 Å². The van der Waals surface area contributed by atoms with Gasteiger partial charge < -0.3 is 21.3 Å². The van der Waals surface area contributed by atoms with Crippen molar-refractivity contribution < 1.29 is 14.4 Å². The smallest absolute Gasteiger partial charge is 0.251 e. The molecule has 3 amide bonds. The number of nitrogens with one attached hydrogen (secondary N) is 4. The topological polar surface area (TPSA) is 99.3 Å². The predicted octanol–water partition coefficient (Wildman–Crippen LogP) is 3.86. The van der Waals surface area contributed by atoms with E-state index < -0.39 is 0 Å². The van der Waals surface area contributed by atoms with E-state index in [0.29, 0.717) is 16.9 Å². The molecule has 2 aromatic carbocycles. The lowest BCUT2D eigenvalue weighted by molar-refractivity contribution is -0.119. The van der Waals surface area contributed by atoms with Crippen LogP contribution in [0.4, 0.5) is 17.1 Å². The third-order valence-electron chi connectivity index (χ3n) is 4.55. The minimum Gasteiger partial charge on any atom is -0.376 e.